The smallest absolute Gasteiger partial charge is 0.285 e. The molecule has 0 bridgehead atoms. The van der Waals surface area contributed by atoms with Gasteiger partial charge in [0.25, 0.3) is 5.56 Å². The number of hydrogen-bond donors (Lipinski definition) is 2. The lowest BCUT2D eigenvalue weighted by molar-refractivity contribution is 0.0544. The summed E-state index contributed by atoms with van der Waals surface area (Å²) < 4.78 is 5.52. The van der Waals surface area contributed by atoms with Crippen molar-refractivity contribution in [2.45, 2.75) is 18.3 Å². The number of nitrogens with zero attached hydrogens (tertiary/aromatic N) is 1. The van der Waals surface area contributed by atoms with Crippen LogP contribution in [0.4, 0.5) is 5.69 Å². The van der Waals surface area contributed by atoms with Gasteiger partial charge in [-0.05, 0) is 30.5 Å². The number of anilines is 1. The molecule has 0 amide bonds. The van der Waals surface area contributed by atoms with E-state index in [9.17, 15) is 4.79 Å². The molecule has 1 fully saturated rings. The summed E-state index contributed by atoms with van der Waals surface area (Å²) in [5.41, 5.74) is 1.25. The van der Waals surface area contributed by atoms with Crippen molar-refractivity contribution in [2.75, 3.05) is 25.1 Å². The van der Waals surface area contributed by atoms with Crippen LogP contribution in [0.25, 0.3) is 0 Å². The highest BCUT2D eigenvalue weighted by Gasteiger charge is 2.34. The van der Waals surface area contributed by atoms with Gasteiger partial charge in [0.1, 0.15) is 5.02 Å². The molecule has 5 nitrogen and oxygen atoms in total. The number of halogens is 2. The second-order valence-electron chi connectivity index (χ2n) is 5.68. The van der Waals surface area contributed by atoms with Crippen LogP contribution in [0.15, 0.2) is 35.3 Å². The Balaban J connectivity index is 1.86. The molecule has 0 atom stereocenters. The molecular formula is C16H17Cl2N3O2. The lowest BCUT2D eigenvalue weighted by atomic mass is 9.74. The topological polar surface area (TPSA) is 67.0 Å². The molecule has 1 aromatic carbocycles. The van der Waals surface area contributed by atoms with Gasteiger partial charge in [-0.2, -0.15) is 5.10 Å². The third kappa shape index (κ3) is 3.52. The molecule has 0 radical (unpaired) electrons. The molecular weight excluding hydrogens is 337 g/mol. The number of hydrogen-bond acceptors (Lipinski definition) is 4. The number of ether oxygens (including phenoxy) is 1. The van der Waals surface area contributed by atoms with Crippen LogP contribution in [0.1, 0.15) is 18.4 Å². The maximum absolute atomic E-state index is 11.6. The summed E-state index contributed by atoms with van der Waals surface area (Å²) in [6.07, 6.45) is 3.30. The molecule has 1 saturated heterocycles. The second-order valence-corrected chi connectivity index (χ2v) is 6.49. The van der Waals surface area contributed by atoms with E-state index in [1.165, 1.54) is 11.8 Å². The summed E-state index contributed by atoms with van der Waals surface area (Å²) in [4.78, 5) is 11.6. The molecule has 2 heterocycles. The monoisotopic (exact) mass is 353 g/mol. The molecule has 1 aliphatic heterocycles. The third-order valence-electron chi connectivity index (χ3n) is 4.32. The zero-order valence-corrected chi connectivity index (χ0v) is 14.0. The molecule has 2 aromatic rings. The van der Waals surface area contributed by atoms with Gasteiger partial charge in [0.15, 0.2) is 0 Å². The Hall–Kier alpha value is -1.56. The van der Waals surface area contributed by atoms with Gasteiger partial charge >= 0.3 is 0 Å². The average molecular weight is 354 g/mol. The fourth-order valence-corrected chi connectivity index (χ4v) is 3.19. The SMILES string of the molecule is O=c1[nH]ncc(NCC2(c3ccc(Cl)cc3)CCOCC2)c1Cl. The van der Waals surface area contributed by atoms with Crippen molar-refractivity contribution >= 4 is 28.9 Å². The molecule has 1 aromatic heterocycles. The van der Waals surface area contributed by atoms with E-state index >= 15 is 0 Å². The molecule has 23 heavy (non-hydrogen) atoms. The summed E-state index contributed by atoms with van der Waals surface area (Å²) in [7, 11) is 0. The molecule has 2 N–H and O–H groups in total. The molecule has 7 heteroatoms. The first-order valence-corrected chi connectivity index (χ1v) is 8.17. The van der Waals surface area contributed by atoms with E-state index in [0.717, 1.165) is 12.8 Å². The second kappa shape index (κ2) is 6.91. The zero-order valence-electron chi connectivity index (χ0n) is 12.4. The molecule has 122 valence electrons. The number of nitrogens with one attached hydrogen (secondary N) is 2. The Labute approximate surface area is 144 Å². The summed E-state index contributed by atoms with van der Waals surface area (Å²) >= 11 is 12.0. The van der Waals surface area contributed by atoms with Crippen LogP contribution in [0.3, 0.4) is 0 Å². The summed E-state index contributed by atoms with van der Waals surface area (Å²) in [5.74, 6) is 0. The quantitative estimate of drug-likeness (QED) is 0.885. The minimum atomic E-state index is -0.399. The molecule has 3 rings (SSSR count). The third-order valence-corrected chi connectivity index (χ3v) is 4.95. The van der Waals surface area contributed by atoms with Crippen LogP contribution in [-0.2, 0) is 10.2 Å². The molecule has 0 unspecified atom stereocenters. The Kier molecular flexibility index (Phi) is 4.90. The Morgan fingerprint density at radius 1 is 1.22 bits per heavy atom. The van der Waals surface area contributed by atoms with E-state index in [0.29, 0.717) is 30.5 Å². The Morgan fingerprint density at radius 3 is 2.61 bits per heavy atom. The molecule has 1 aliphatic rings. The normalized spacial score (nSPS) is 17.0. The van der Waals surface area contributed by atoms with Gasteiger partial charge in [0.05, 0.1) is 11.9 Å². The van der Waals surface area contributed by atoms with Gasteiger partial charge in [0, 0.05) is 30.2 Å². The highest BCUT2D eigenvalue weighted by Crippen LogP contribution is 2.36. The lowest BCUT2D eigenvalue weighted by Crippen LogP contribution is -2.40. The van der Waals surface area contributed by atoms with Crippen molar-refractivity contribution in [2.24, 2.45) is 0 Å². The van der Waals surface area contributed by atoms with Crippen LogP contribution < -0.4 is 10.9 Å². The van der Waals surface area contributed by atoms with Crippen molar-refractivity contribution in [3.63, 3.8) is 0 Å². The van der Waals surface area contributed by atoms with Gasteiger partial charge in [-0.25, -0.2) is 5.10 Å². The minimum absolute atomic E-state index is 0.0885. The number of benzene rings is 1. The van der Waals surface area contributed by atoms with Crippen molar-refractivity contribution in [3.8, 4) is 0 Å². The van der Waals surface area contributed by atoms with E-state index in [-0.39, 0.29) is 10.4 Å². The fraction of sp³-hybridized carbons (Fsp3) is 0.375. The van der Waals surface area contributed by atoms with E-state index in [1.807, 2.05) is 24.3 Å². The van der Waals surface area contributed by atoms with E-state index in [4.69, 9.17) is 27.9 Å². The predicted octanol–water partition coefficient (Wildman–Crippen LogP) is 3.24. The lowest BCUT2D eigenvalue weighted by Gasteiger charge is -2.38. The van der Waals surface area contributed by atoms with E-state index in [1.54, 1.807) is 0 Å². The number of rotatable bonds is 4. The average Bonchev–Trinajstić information content (AvgIpc) is 2.58. The van der Waals surface area contributed by atoms with Gasteiger partial charge < -0.3 is 10.1 Å². The molecule has 0 aliphatic carbocycles. The summed E-state index contributed by atoms with van der Waals surface area (Å²) in [5, 5.41) is 10.2. The van der Waals surface area contributed by atoms with Crippen molar-refractivity contribution in [3.05, 3.63) is 56.4 Å². The maximum atomic E-state index is 11.6. The Bertz CT molecular complexity index is 725. The molecule has 0 spiro atoms. The van der Waals surface area contributed by atoms with Crippen molar-refractivity contribution in [1.29, 1.82) is 0 Å². The number of aromatic amines is 1. The van der Waals surface area contributed by atoms with Crippen LogP contribution in [-0.4, -0.2) is 30.0 Å². The largest absolute Gasteiger partial charge is 0.381 e. The van der Waals surface area contributed by atoms with Crippen molar-refractivity contribution < 1.29 is 4.74 Å². The number of aromatic nitrogens is 2. The predicted molar refractivity (Wildman–Crippen MR) is 91.5 cm³/mol. The fourth-order valence-electron chi connectivity index (χ4n) is 2.90. The van der Waals surface area contributed by atoms with Crippen LogP contribution in [0.5, 0.6) is 0 Å². The first-order chi connectivity index (χ1) is 11.1. The highest BCUT2D eigenvalue weighted by molar-refractivity contribution is 6.32. The van der Waals surface area contributed by atoms with Crippen LogP contribution in [0.2, 0.25) is 10.0 Å². The first kappa shape index (κ1) is 16.3. The Morgan fingerprint density at radius 2 is 1.91 bits per heavy atom. The standard InChI is InChI=1S/C16H17Cl2N3O2/c17-12-3-1-11(2-4-12)16(5-7-23-8-6-16)10-19-13-9-20-21-15(22)14(13)18/h1-4,9H,5-8,10H2,(H2,19,21,22). The van der Waals surface area contributed by atoms with Gasteiger partial charge in [0.2, 0.25) is 0 Å². The van der Waals surface area contributed by atoms with Gasteiger partial charge in [-0.3, -0.25) is 4.79 Å². The van der Waals surface area contributed by atoms with Gasteiger partial charge in [-0.15, -0.1) is 0 Å². The summed E-state index contributed by atoms with van der Waals surface area (Å²) in [6, 6.07) is 7.89. The van der Waals surface area contributed by atoms with Crippen LogP contribution in [0, 0.1) is 0 Å². The molecule has 0 saturated carbocycles. The van der Waals surface area contributed by atoms with Crippen molar-refractivity contribution in [1.82, 2.24) is 10.2 Å². The minimum Gasteiger partial charge on any atom is -0.381 e. The van der Waals surface area contributed by atoms with Crippen LogP contribution >= 0.6 is 23.2 Å². The zero-order chi connectivity index (χ0) is 16.3. The van der Waals surface area contributed by atoms with E-state index < -0.39 is 5.56 Å². The number of H-pyrrole nitrogens is 1. The van der Waals surface area contributed by atoms with E-state index in [2.05, 4.69) is 15.5 Å². The maximum Gasteiger partial charge on any atom is 0.285 e. The highest BCUT2D eigenvalue weighted by atomic mass is 35.5. The van der Waals surface area contributed by atoms with Gasteiger partial charge in [-0.1, -0.05) is 35.3 Å². The summed E-state index contributed by atoms with van der Waals surface area (Å²) in [6.45, 7) is 2.04. The first-order valence-electron chi connectivity index (χ1n) is 7.42.